The first kappa shape index (κ1) is 16.6. The van der Waals surface area contributed by atoms with Gasteiger partial charge in [-0.15, -0.1) is 0 Å². The topological polar surface area (TPSA) is 33.5 Å². The van der Waals surface area contributed by atoms with Gasteiger partial charge in [-0.3, -0.25) is 4.90 Å². The van der Waals surface area contributed by atoms with Crippen molar-refractivity contribution in [2.45, 2.75) is 19.8 Å². The van der Waals surface area contributed by atoms with Gasteiger partial charge >= 0.3 is 0 Å². The van der Waals surface area contributed by atoms with Crippen molar-refractivity contribution in [2.75, 3.05) is 50.8 Å². The first-order valence-electron chi connectivity index (χ1n) is 9.47. The molecule has 1 aromatic carbocycles. The van der Waals surface area contributed by atoms with Crippen molar-refractivity contribution in [3.8, 4) is 5.69 Å². The maximum absolute atomic E-state index is 5.48. The van der Waals surface area contributed by atoms with E-state index in [1.807, 2.05) is 10.7 Å². The molecule has 0 unspecified atom stereocenters. The van der Waals surface area contributed by atoms with Gasteiger partial charge in [0.1, 0.15) is 0 Å². The molecule has 2 aromatic rings. The lowest BCUT2D eigenvalue weighted by Crippen LogP contribution is -2.48. The summed E-state index contributed by atoms with van der Waals surface area (Å²) in [6.07, 6.45) is 2.45. The van der Waals surface area contributed by atoms with Crippen LogP contribution < -0.4 is 4.90 Å². The van der Waals surface area contributed by atoms with E-state index in [0.717, 1.165) is 56.8 Å². The van der Waals surface area contributed by atoms with Gasteiger partial charge in [-0.1, -0.05) is 18.2 Å². The molecule has 134 valence electrons. The number of ether oxygens (including phenoxy) is 1. The molecule has 2 saturated heterocycles. The fraction of sp³-hybridized carbons (Fsp3) is 0.550. The van der Waals surface area contributed by atoms with Crippen LogP contribution in [0.1, 0.15) is 18.5 Å². The summed E-state index contributed by atoms with van der Waals surface area (Å²) in [5.74, 6) is 1.92. The van der Waals surface area contributed by atoms with Gasteiger partial charge < -0.3 is 9.64 Å². The summed E-state index contributed by atoms with van der Waals surface area (Å²) in [5, 5.41) is 4.85. The minimum absolute atomic E-state index is 0.819. The monoisotopic (exact) mass is 340 g/mol. The van der Waals surface area contributed by atoms with Gasteiger partial charge in [0.05, 0.1) is 5.69 Å². The van der Waals surface area contributed by atoms with Gasteiger partial charge in [0, 0.05) is 57.7 Å². The van der Waals surface area contributed by atoms with Gasteiger partial charge in [0.2, 0.25) is 0 Å². The Kier molecular flexibility index (Phi) is 5.04. The zero-order valence-electron chi connectivity index (χ0n) is 15.1. The maximum Gasteiger partial charge on any atom is 0.151 e. The molecule has 1 aromatic heterocycles. The van der Waals surface area contributed by atoms with Gasteiger partial charge in [-0.2, -0.15) is 5.10 Å². The highest BCUT2D eigenvalue weighted by Crippen LogP contribution is 2.21. The summed E-state index contributed by atoms with van der Waals surface area (Å²) in [7, 11) is 0. The molecule has 2 aliphatic rings. The molecule has 3 heterocycles. The van der Waals surface area contributed by atoms with Crippen LogP contribution in [-0.4, -0.2) is 60.6 Å². The minimum Gasteiger partial charge on any atom is -0.381 e. The summed E-state index contributed by atoms with van der Waals surface area (Å²) in [5.41, 5.74) is 2.32. The van der Waals surface area contributed by atoms with Gasteiger partial charge in [0.25, 0.3) is 0 Å². The van der Waals surface area contributed by atoms with Crippen LogP contribution in [-0.2, 0) is 4.74 Å². The van der Waals surface area contributed by atoms with Crippen molar-refractivity contribution in [3.05, 3.63) is 42.1 Å². The second-order valence-electron chi connectivity index (χ2n) is 7.23. The minimum atomic E-state index is 0.819. The van der Waals surface area contributed by atoms with Crippen LogP contribution in [0.4, 0.5) is 5.82 Å². The number of aromatic nitrogens is 2. The second-order valence-corrected chi connectivity index (χ2v) is 7.23. The molecule has 0 amide bonds. The molecule has 25 heavy (non-hydrogen) atoms. The summed E-state index contributed by atoms with van der Waals surface area (Å²) >= 11 is 0. The van der Waals surface area contributed by atoms with Crippen LogP contribution in [0.5, 0.6) is 0 Å². The third-order valence-corrected chi connectivity index (χ3v) is 5.43. The molecule has 0 radical (unpaired) electrons. The number of aryl methyl sites for hydroxylation is 1. The van der Waals surface area contributed by atoms with E-state index >= 15 is 0 Å². The van der Waals surface area contributed by atoms with Crippen LogP contribution in [0.25, 0.3) is 5.69 Å². The lowest BCUT2D eigenvalue weighted by atomic mass is 9.99. The smallest absolute Gasteiger partial charge is 0.151 e. The highest BCUT2D eigenvalue weighted by molar-refractivity contribution is 5.44. The van der Waals surface area contributed by atoms with Crippen molar-refractivity contribution in [2.24, 2.45) is 5.92 Å². The Morgan fingerprint density at radius 2 is 1.76 bits per heavy atom. The molecular weight excluding hydrogens is 312 g/mol. The SMILES string of the molecule is Cc1cc(N2CCN(CC3CCOCC3)CC2)nn1-c1ccccc1. The molecule has 2 aliphatic heterocycles. The molecule has 0 atom stereocenters. The largest absolute Gasteiger partial charge is 0.381 e. The Hall–Kier alpha value is -1.85. The van der Waals surface area contributed by atoms with Gasteiger partial charge in [-0.05, 0) is 37.8 Å². The van der Waals surface area contributed by atoms with Crippen molar-refractivity contribution in [1.29, 1.82) is 0 Å². The normalized spacial score (nSPS) is 20.1. The Balaban J connectivity index is 1.36. The fourth-order valence-electron chi connectivity index (χ4n) is 3.90. The Morgan fingerprint density at radius 3 is 2.48 bits per heavy atom. The number of benzene rings is 1. The first-order valence-corrected chi connectivity index (χ1v) is 9.47. The third-order valence-electron chi connectivity index (χ3n) is 5.43. The Labute approximate surface area is 150 Å². The van der Waals surface area contributed by atoms with Crippen LogP contribution in [0.2, 0.25) is 0 Å². The summed E-state index contributed by atoms with van der Waals surface area (Å²) in [6.45, 7) is 9.65. The predicted molar refractivity (Wildman–Crippen MR) is 100 cm³/mol. The highest BCUT2D eigenvalue weighted by Gasteiger charge is 2.23. The molecule has 0 spiro atoms. The van der Waals surface area contributed by atoms with E-state index < -0.39 is 0 Å². The number of rotatable bonds is 4. The number of piperazine rings is 1. The number of anilines is 1. The second kappa shape index (κ2) is 7.58. The van der Waals surface area contributed by atoms with Gasteiger partial charge in [-0.25, -0.2) is 4.68 Å². The molecule has 2 fully saturated rings. The maximum atomic E-state index is 5.48. The average Bonchev–Trinajstić information content (AvgIpc) is 3.06. The number of hydrogen-bond acceptors (Lipinski definition) is 4. The van der Waals surface area contributed by atoms with E-state index in [4.69, 9.17) is 9.84 Å². The van der Waals surface area contributed by atoms with Crippen LogP contribution in [0.15, 0.2) is 36.4 Å². The molecule has 0 aliphatic carbocycles. The Morgan fingerprint density at radius 1 is 1.04 bits per heavy atom. The first-order chi connectivity index (χ1) is 12.3. The lowest BCUT2D eigenvalue weighted by molar-refractivity contribution is 0.0517. The number of para-hydroxylation sites is 1. The van der Waals surface area contributed by atoms with E-state index in [1.165, 1.54) is 25.1 Å². The van der Waals surface area contributed by atoms with Crippen LogP contribution >= 0.6 is 0 Å². The zero-order valence-corrected chi connectivity index (χ0v) is 15.1. The predicted octanol–water partition coefficient (Wildman–Crippen LogP) is 2.73. The molecule has 0 saturated carbocycles. The molecule has 4 rings (SSSR count). The summed E-state index contributed by atoms with van der Waals surface area (Å²) in [4.78, 5) is 5.04. The molecule has 5 nitrogen and oxygen atoms in total. The van der Waals surface area contributed by atoms with Crippen molar-refractivity contribution < 1.29 is 4.74 Å². The fourth-order valence-corrected chi connectivity index (χ4v) is 3.90. The quantitative estimate of drug-likeness (QED) is 0.857. The summed E-state index contributed by atoms with van der Waals surface area (Å²) < 4.78 is 7.52. The Bertz CT molecular complexity index is 670. The zero-order chi connectivity index (χ0) is 17.1. The molecule has 0 N–H and O–H groups in total. The van der Waals surface area contributed by atoms with Crippen molar-refractivity contribution in [3.63, 3.8) is 0 Å². The van der Waals surface area contributed by atoms with E-state index in [9.17, 15) is 0 Å². The number of nitrogens with zero attached hydrogens (tertiary/aromatic N) is 4. The van der Waals surface area contributed by atoms with E-state index in [1.54, 1.807) is 0 Å². The van der Waals surface area contributed by atoms with E-state index in [0.29, 0.717) is 0 Å². The van der Waals surface area contributed by atoms with Crippen molar-refractivity contribution in [1.82, 2.24) is 14.7 Å². The summed E-state index contributed by atoms with van der Waals surface area (Å²) in [6, 6.07) is 12.6. The average molecular weight is 340 g/mol. The highest BCUT2D eigenvalue weighted by atomic mass is 16.5. The van der Waals surface area contributed by atoms with Crippen LogP contribution in [0, 0.1) is 12.8 Å². The molecule has 5 heteroatoms. The lowest BCUT2D eigenvalue weighted by Gasteiger charge is -2.37. The van der Waals surface area contributed by atoms with Crippen LogP contribution in [0.3, 0.4) is 0 Å². The number of hydrogen-bond donors (Lipinski definition) is 0. The standard InChI is InChI=1S/C20H28N4O/c1-17-15-20(21-24(17)19-5-3-2-4-6-19)23-11-9-22(10-12-23)16-18-7-13-25-14-8-18/h2-6,15,18H,7-14,16H2,1H3. The molecular formula is C20H28N4O. The van der Waals surface area contributed by atoms with E-state index in [2.05, 4.69) is 47.1 Å². The van der Waals surface area contributed by atoms with E-state index in [-0.39, 0.29) is 0 Å². The van der Waals surface area contributed by atoms with Crippen molar-refractivity contribution >= 4 is 5.82 Å². The van der Waals surface area contributed by atoms with Gasteiger partial charge in [0.15, 0.2) is 5.82 Å². The molecule has 0 bridgehead atoms. The third kappa shape index (κ3) is 3.88.